The number of carbonyl (C=O) groups is 1. The van der Waals surface area contributed by atoms with Crippen LogP contribution in [0.5, 0.6) is 0 Å². The second-order valence-corrected chi connectivity index (χ2v) is 6.92. The molecule has 132 valence electrons. The monoisotopic (exact) mass is 369 g/mol. The Labute approximate surface area is 143 Å². The van der Waals surface area contributed by atoms with Crippen molar-refractivity contribution in [1.29, 1.82) is 0 Å². The van der Waals surface area contributed by atoms with Gasteiger partial charge in [0.1, 0.15) is 0 Å². The van der Waals surface area contributed by atoms with Crippen LogP contribution in [-0.2, 0) is 21.0 Å². The molecule has 1 N–H and O–H groups in total. The van der Waals surface area contributed by atoms with Crippen molar-refractivity contribution in [1.82, 2.24) is 4.72 Å². The van der Waals surface area contributed by atoms with Gasteiger partial charge >= 0.3 is 6.18 Å². The summed E-state index contributed by atoms with van der Waals surface area (Å²) in [5.41, 5.74) is 0.120. The molecule has 0 heterocycles. The van der Waals surface area contributed by atoms with E-state index in [-0.39, 0.29) is 10.5 Å². The minimum absolute atomic E-state index is 0.0843. The fourth-order valence-corrected chi connectivity index (χ4v) is 2.88. The molecule has 8 heteroatoms. The Balaban J connectivity index is 2.12. The molecule has 0 aliphatic carbocycles. The molecule has 0 unspecified atom stereocenters. The van der Waals surface area contributed by atoms with Crippen LogP contribution < -0.4 is 4.72 Å². The first-order valence-electron chi connectivity index (χ1n) is 7.07. The van der Waals surface area contributed by atoms with Crippen molar-refractivity contribution in [3.05, 3.63) is 71.3 Å². The van der Waals surface area contributed by atoms with Gasteiger partial charge in [-0.05, 0) is 42.8 Å². The van der Waals surface area contributed by atoms with Gasteiger partial charge in [0.25, 0.3) is 15.9 Å². The lowest BCUT2D eigenvalue weighted by Crippen LogP contribution is -2.28. The molecule has 25 heavy (non-hydrogen) atoms. The first kappa shape index (κ1) is 18.7. The third-order valence-electron chi connectivity index (χ3n) is 3.21. The molecule has 1 amide bonds. The van der Waals surface area contributed by atoms with Gasteiger partial charge in [0.05, 0.1) is 10.5 Å². The van der Waals surface area contributed by atoms with Gasteiger partial charge in [-0.15, -0.1) is 0 Å². The molecule has 0 atom stereocenters. The first-order valence-corrected chi connectivity index (χ1v) is 8.55. The largest absolute Gasteiger partial charge is 0.416 e. The molecule has 0 fully saturated rings. The van der Waals surface area contributed by atoms with Crippen molar-refractivity contribution in [2.45, 2.75) is 18.0 Å². The summed E-state index contributed by atoms with van der Waals surface area (Å²) in [7, 11) is -4.04. The van der Waals surface area contributed by atoms with Crippen LogP contribution in [0.3, 0.4) is 0 Å². The van der Waals surface area contributed by atoms with Gasteiger partial charge in [-0.3, -0.25) is 4.79 Å². The summed E-state index contributed by atoms with van der Waals surface area (Å²) < 4.78 is 63.8. The number of halogens is 3. The lowest BCUT2D eigenvalue weighted by Gasteiger charge is -2.07. The van der Waals surface area contributed by atoms with E-state index >= 15 is 0 Å². The molecule has 0 saturated heterocycles. The van der Waals surface area contributed by atoms with E-state index in [0.717, 1.165) is 29.8 Å². The van der Waals surface area contributed by atoms with Crippen molar-refractivity contribution >= 4 is 22.0 Å². The lowest BCUT2D eigenvalue weighted by molar-refractivity contribution is -0.137. The second kappa shape index (κ2) is 7.10. The van der Waals surface area contributed by atoms with Crippen molar-refractivity contribution in [3.8, 4) is 0 Å². The van der Waals surface area contributed by atoms with E-state index < -0.39 is 27.7 Å². The highest BCUT2D eigenvalue weighted by molar-refractivity contribution is 7.90. The number of nitrogens with one attached hydrogen (secondary N) is 1. The highest BCUT2D eigenvalue weighted by atomic mass is 32.2. The predicted octanol–water partition coefficient (Wildman–Crippen LogP) is 3.53. The molecule has 0 aliphatic heterocycles. The van der Waals surface area contributed by atoms with E-state index in [1.807, 2.05) is 4.72 Å². The summed E-state index contributed by atoms with van der Waals surface area (Å²) in [6.07, 6.45) is -2.53. The molecule has 4 nitrogen and oxygen atoms in total. The Morgan fingerprint density at radius 3 is 2.32 bits per heavy atom. The summed E-state index contributed by atoms with van der Waals surface area (Å²) in [4.78, 5) is 11.7. The molecule has 0 radical (unpaired) electrons. The minimum Gasteiger partial charge on any atom is -0.269 e. The summed E-state index contributed by atoms with van der Waals surface area (Å²) in [6, 6.07) is 10.2. The zero-order chi connectivity index (χ0) is 18.7. The third-order valence-corrected chi connectivity index (χ3v) is 4.57. The standard InChI is InChI=1S/C17H14F3NO3S/c1-12-5-8-15(9-6-12)25(23,24)21-16(22)10-7-13-3-2-4-14(11-13)17(18,19)20/h2-11H,1H3,(H,21,22)/b10-7+. The van der Waals surface area contributed by atoms with Crippen LogP contribution in [0.1, 0.15) is 16.7 Å². The van der Waals surface area contributed by atoms with E-state index in [2.05, 4.69) is 0 Å². The van der Waals surface area contributed by atoms with Gasteiger partial charge < -0.3 is 0 Å². The van der Waals surface area contributed by atoms with E-state index in [1.54, 1.807) is 19.1 Å². The molecule has 0 aromatic heterocycles. The quantitative estimate of drug-likeness (QED) is 0.839. The third kappa shape index (κ3) is 5.18. The smallest absolute Gasteiger partial charge is 0.269 e. The van der Waals surface area contributed by atoms with Crippen LogP contribution in [-0.4, -0.2) is 14.3 Å². The van der Waals surface area contributed by atoms with Crippen molar-refractivity contribution < 1.29 is 26.4 Å². The molecular formula is C17H14F3NO3S. The van der Waals surface area contributed by atoms with Gasteiger partial charge in [0.15, 0.2) is 0 Å². The average Bonchev–Trinajstić information content (AvgIpc) is 2.52. The van der Waals surface area contributed by atoms with E-state index in [9.17, 15) is 26.4 Å². The van der Waals surface area contributed by atoms with Crippen molar-refractivity contribution in [3.63, 3.8) is 0 Å². The number of hydrogen-bond acceptors (Lipinski definition) is 3. The number of amides is 1. The van der Waals surface area contributed by atoms with Gasteiger partial charge in [-0.2, -0.15) is 13.2 Å². The summed E-state index contributed by atoms with van der Waals surface area (Å²) in [5, 5.41) is 0. The van der Waals surface area contributed by atoms with Gasteiger partial charge in [0.2, 0.25) is 0 Å². The zero-order valence-corrected chi connectivity index (χ0v) is 13.9. The molecule has 0 bridgehead atoms. The number of hydrogen-bond donors (Lipinski definition) is 1. The first-order chi connectivity index (χ1) is 11.6. The number of rotatable bonds is 4. The predicted molar refractivity (Wildman–Crippen MR) is 87.0 cm³/mol. The number of benzene rings is 2. The number of aryl methyl sites for hydroxylation is 1. The molecule has 0 aliphatic rings. The maximum absolute atomic E-state index is 12.6. The fourth-order valence-electron chi connectivity index (χ4n) is 1.93. The van der Waals surface area contributed by atoms with Crippen LogP contribution in [0.4, 0.5) is 13.2 Å². The van der Waals surface area contributed by atoms with Gasteiger partial charge in [0, 0.05) is 6.08 Å². The molecule has 0 saturated carbocycles. The Hall–Kier alpha value is -2.61. The van der Waals surface area contributed by atoms with Crippen LogP contribution in [0.25, 0.3) is 6.08 Å². The van der Waals surface area contributed by atoms with Crippen molar-refractivity contribution in [2.75, 3.05) is 0 Å². The molecular weight excluding hydrogens is 355 g/mol. The maximum atomic E-state index is 12.6. The molecule has 2 aromatic rings. The molecule has 2 aromatic carbocycles. The Morgan fingerprint density at radius 1 is 1.08 bits per heavy atom. The average molecular weight is 369 g/mol. The van der Waals surface area contributed by atoms with Crippen LogP contribution in [0.2, 0.25) is 0 Å². The number of alkyl halides is 3. The van der Waals surface area contributed by atoms with Crippen molar-refractivity contribution in [2.24, 2.45) is 0 Å². The highest BCUT2D eigenvalue weighted by Gasteiger charge is 2.30. The molecule has 0 spiro atoms. The van der Waals surface area contributed by atoms with E-state index in [1.165, 1.54) is 24.3 Å². The number of carbonyl (C=O) groups excluding carboxylic acids is 1. The van der Waals surface area contributed by atoms with Crippen LogP contribution in [0, 0.1) is 6.92 Å². The highest BCUT2D eigenvalue weighted by Crippen LogP contribution is 2.29. The Morgan fingerprint density at radius 2 is 1.72 bits per heavy atom. The normalized spacial score (nSPS) is 12.3. The Kier molecular flexibility index (Phi) is 5.32. The van der Waals surface area contributed by atoms with Gasteiger partial charge in [-0.25, -0.2) is 13.1 Å². The fraction of sp³-hybridized carbons (Fsp3) is 0.118. The summed E-state index contributed by atoms with van der Waals surface area (Å²) in [6.45, 7) is 1.78. The summed E-state index contributed by atoms with van der Waals surface area (Å²) >= 11 is 0. The maximum Gasteiger partial charge on any atom is 0.416 e. The van der Waals surface area contributed by atoms with E-state index in [0.29, 0.717) is 0 Å². The second-order valence-electron chi connectivity index (χ2n) is 5.24. The van der Waals surface area contributed by atoms with Crippen LogP contribution >= 0.6 is 0 Å². The molecule has 2 rings (SSSR count). The lowest BCUT2D eigenvalue weighted by atomic mass is 10.1. The number of sulfonamides is 1. The van der Waals surface area contributed by atoms with Gasteiger partial charge in [-0.1, -0.05) is 29.8 Å². The minimum atomic E-state index is -4.50. The van der Waals surface area contributed by atoms with Crippen LogP contribution in [0.15, 0.2) is 59.5 Å². The topological polar surface area (TPSA) is 63.2 Å². The Bertz CT molecular complexity index is 901. The van der Waals surface area contributed by atoms with E-state index in [4.69, 9.17) is 0 Å². The zero-order valence-electron chi connectivity index (χ0n) is 13.0. The summed E-state index contributed by atoms with van der Waals surface area (Å²) in [5.74, 6) is -0.960. The SMILES string of the molecule is Cc1ccc(S(=O)(=O)NC(=O)/C=C/c2cccc(C(F)(F)F)c2)cc1.